The Morgan fingerprint density at radius 3 is 2.14 bits per heavy atom. The summed E-state index contributed by atoms with van der Waals surface area (Å²) in [5, 5.41) is 9.01. The van der Waals surface area contributed by atoms with Crippen molar-refractivity contribution in [3.63, 3.8) is 0 Å². The van der Waals surface area contributed by atoms with Crippen LogP contribution >= 0.6 is 0 Å². The average Bonchev–Trinajstić information content (AvgIpc) is 2.13. The van der Waals surface area contributed by atoms with Crippen molar-refractivity contribution in [1.29, 1.82) is 0 Å². The summed E-state index contributed by atoms with van der Waals surface area (Å²) in [6.07, 6.45) is 1.93. The second-order valence-electron chi connectivity index (χ2n) is 3.35. The van der Waals surface area contributed by atoms with Gasteiger partial charge in [0.15, 0.2) is 0 Å². The Hall–Kier alpha value is -0.610. The van der Waals surface area contributed by atoms with E-state index in [1.54, 1.807) is 0 Å². The Labute approximate surface area is 85.9 Å². The zero-order valence-corrected chi connectivity index (χ0v) is 9.32. The molecule has 0 aromatic carbocycles. The monoisotopic (exact) mass is 203 g/mol. The molecule has 0 rings (SSSR count). The van der Waals surface area contributed by atoms with Gasteiger partial charge in [-0.1, -0.05) is 13.8 Å². The summed E-state index contributed by atoms with van der Waals surface area (Å²) in [5.74, 6) is -0.797. The van der Waals surface area contributed by atoms with Gasteiger partial charge in [0, 0.05) is 7.11 Å². The van der Waals surface area contributed by atoms with Crippen LogP contribution in [0.2, 0.25) is 0 Å². The number of hydrogen-bond donors (Lipinski definition) is 1. The highest BCUT2D eigenvalue weighted by atomic mass is 16.5. The summed E-state index contributed by atoms with van der Waals surface area (Å²) in [7, 11) is 1.53. The minimum Gasteiger partial charge on any atom is -0.480 e. The summed E-state index contributed by atoms with van der Waals surface area (Å²) >= 11 is 0. The second kappa shape index (κ2) is 7.76. The molecule has 0 aliphatic carbocycles. The van der Waals surface area contributed by atoms with Crippen molar-refractivity contribution in [2.24, 2.45) is 0 Å². The highest BCUT2D eigenvalue weighted by molar-refractivity contribution is 5.73. The largest absolute Gasteiger partial charge is 0.480 e. The molecule has 0 bridgehead atoms. The number of ether oxygens (including phenoxy) is 1. The normalized spacial score (nSPS) is 13.1. The van der Waals surface area contributed by atoms with Gasteiger partial charge in [0.25, 0.3) is 0 Å². The summed E-state index contributed by atoms with van der Waals surface area (Å²) in [5.41, 5.74) is 0. The van der Waals surface area contributed by atoms with Gasteiger partial charge in [-0.2, -0.15) is 0 Å². The van der Waals surface area contributed by atoms with Crippen molar-refractivity contribution >= 4 is 5.97 Å². The maximum Gasteiger partial charge on any atom is 0.323 e. The highest BCUT2D eigenvalue weighted by Crippen LogP contribution is 2.03. The van der Waals surface area contributed by atoms with Gasteiger partial charge in [0.1, 0.15) is 6.04 Å². The molecule has 0 spiro atoms. The van der Waals surface area contributed by atoms with Gasteiger partial charge in [-0.15, -0.1) is 0 Å². The summed E-state index contributed by atoms with van der Waals surface area (Å²) in [6.45, 7) is 5.99. The molecule has 0 aromatic heterocycles. The Bertz CT molecular complexity index is 155. The number of hydrogen-bond acceptors (Lipinski definition) is 3. The van der Waals surface area contributed by atoms with Gasteiger partial charge < -0.3 is 9.84 Å². The van der Waals surface area contributed by atoms with Crippen LogP contribution in [0.4, 0.5) is 0 Å². The fourth-order valence-corrected chi connectivity index (χ4v) is 1.49. The van der Waals surface area contributed by atoms with E-state index in [0.29, 0.717) is 0 Å². The molecule has 4 nitrogen and oxygen atoms in total. The topological polar surface area (TPSA) is 49.8 Å². The van der Waals surface area contributed by atoms with Gasteiger partial charge in [0.05, 0.1) is 6.61 Å². The molecular formula is C10H21NO3. The molecule has 1 atom stereocenters. The third-order valence-corrected chi connectivity index (χ3v) is 2.07. The van der Waals surface area contributed by atoms with Gasteiger partial charge in [0.2, 0.25) is 0 Å². The van der Waals surface area contributed by atoms with E-state index in [9.17, 15) is 4.79 Å². The van der Waals surface area contributed by atoms with Gasteiger partial charge in [-0.05, 0) is 25.9 Å². The second-order valence-corrected chi connectivity index (χ2v) is 3.35. The Balaban J connectivity index is 4.29. The van der Waals surface area contributed by atoms with E-state index < -0.39 is 12.0 Å². The third-order valence-electron chi connectivity index (χ3n) is 2.07. The number of rotatable bonds is 8. The van der Waals surface area contributed by atoms with Crippen LogP contribution in [0.1, 0.15) is 26.7 Å². The van der Waals surface area contributed by atoms with Gasteiger partial charge >= 0.3 is 5.97 Å². The molecule has 1 unspecified atom stereocenters. The Morgan fingerprint density at radius 1 is 1.36 bits per heavy atom. The fourth-order valence-electron chi connectivity index (χ4n) is 1.49. The molecular weight excluding hydrogens is 182 g/mol. The fraction of sp³-hybridized carbons (Fsp3) is 0.900. The highest BCUT2D eigenvalue weighted by Gasteiger charge is 2.23. The summed E-state index contributed by atoms with van der Waals surface area (Å²) in [4.78, 5) is 12.9. The summed E-state index contributed by atoms with van der Waals surface area (Å²) in [6, 6.07) is -0.500. The standard InChI is InChI=1S/C10H21NO3/c1-4-6-11(7-5-2)9(8-14-3)10(12)13/h9H,4-8H2,1-3H3,(H,12,13). The van der Waals surface area contributed by atoms with Crippen LogP contribution in [0.3, 0.4) is 0 Å². The maximum absolute atomic E-state index is 11.0. The zero-order valence-electron chi connectivity index (χ0n) is 9.32. The molecule has 0 aliphatic heterocycles. The van der Waals surface area contributed by atoms with Crippen LogP contribution < -0.4 is 0 Å². The van der Waals surface area contributed by atoms with Crippen molar-refractivity contribution < 1.29 is 14.6 Å². The van der Waals surface area contributed by atoms with Crippen molar-refractivity contribution in [2.75, 3.05) is 26.8 Å². The van der Waals surface area contributed by atoms with Crippen molar-refractivity contribution in [1.82, 2.24) is 4.90 Å². The number of methoxy groups -OCH3 is 1. The quantitative estimate of drug-likeness (QED) is 0.644. The molecule has 4 heteroatoms. The van der Waals surface area contributed by atoms with Gasteiger partial charge in [-0.3, -0.25) is 9.69 Å². The molecule has 0 saturated heterocycles. The van der Waals surface area contributed by atoms with E-state index in [0.717, 1.165) is 25.9 Å². The Kier molecular flexibility index (Phi) is 7.42. The molecule has 14 heavy (non-hydrogen) atoms. The first-order valence-electron chi connectivity index (χ1n) is 5.13. The zero-order chi connectivity index (χ0) is 11.0. The molecule has 0 amide bonds. The van der Waals surface area contributed by atoms with Crippen molar-refractivity contribution in [3.8, 4) is 0 Å². The predicted octanol–water partition coefficient (Wildman–Crippen LogP) is 1.21. The maximum atomic E-state index is 11.0. The predicted molar refractivity (Wildman–Crippen MR) is 55.5 cm³/mol. The molecule has 0 heterocycles. The van der Waals surface area contributed by atoms with E-state index in [-0.39, 0.29) is 6.61 Å². The van der Waals surface area contributed by atoms with Crippen molar-refractivity contribution in [3.05, 3.63) is 0 Å². The lowest BCUT2D eigenvalue weighted by molar-refractivity contribution is -0.145. The smallest absolute Gasteiger partial charge is 0.323 e. The van der Waals surface area contributed by atoms with E-state index in [4.69, 9.17) is 9.84 Å². The molecule has 0 aliphatic rings. The van der Waals surface area contributed by atoms with Crippen molar-refractivity contribution in [2.45, 2.75) is 32.7 Å². The van der Waals surface area contributed by atoms with E-state index >= 15 is 0 Å². The van der Waals surface area contributed by atoms with Crippen LogP contribution in [0.15, 0.2) is 0 Å². The SMILES string of the molecule is CCCN(CCC)C(COC)C(=O)O. The van der Waals surface area contributed by atoms with E-state index in [2.05, 4.69) is 0 Å². The number of carbonyl (C=O) groups is 1. The third kappa shape index (κ3) is 4.58. The van der Waals surface area contributed by atoms with E-state index in [1.807, 2.05) is 18.7 Å². The molecule has 0 fully saturated rings. The average molecular weight is 203 g/mol. The first-order valence-corrected chi connectivity index (χ1v) is 5.13. The van der Waals surface area contributed by atoms with Gasteiger partial charge in [-0.25, -0.2) is 0 Å². The van der Waals surface area contributed by atoms with Crippen LogP contribution in [0, 0.1) is 0 Å². The lowest BCUT2D eigenvalue weighted by Crippen LogP contribution is -2.45. The number of nitrogens with zero attached hydrogens (tertiary/aromatic N) is 1. The summed E-state index contributed by atoms with van der Waals surface area (Å²) < 4.78 is 4.92. The minimum absolute atomic E-state index is 0.259. The van der Waals surface area contributed by atoms with Crippen LogP contribution in [-0.4, -0.2) is 48.8 Å². The van der Waals surface area contributed by atoms with E-state index in [1.165, 1.54) is 7.11 Å². The molecule has 0 radical (unpaired) electrons. The lowest BCUT2D eigenvalue weighted by atomic mass is 10.2. The first-order chi connectivity index (χ1) is 6.67. The molecule has 0 saturated carbocycles. The van der Waals surface area contributed by atoms with Crippen LogP contribution in [0.5, 0.6) is 0 Å². The number of aliphatic carboxylic acids is 1. The Morgan fingerprint density at radius 2 is 1.86 bits per heavy atom. The number of carboxylic acids is 1. The molecule has 0 aromatic rings. The van der Waals surface area contributed by atoms with Crippen LogP contribution in [-0.2, 0) is 9.53 Å². The number of carboxylic acid groups (broad SMARTS) is 1. The molecule has 84 valence electrons. The minimum atomic E-state index is -0.797. The lowest BCUT2D eigenvalue weighted by Gasteiger charge is -2.27. The first kappa shape index (κ1) is 13.4. The van der Waals surface area contributed by atoms with Crippen LogP contribution in [0.25, 0.3) is 0 Å². The molecule has 1 N–H and O–H groups in total.